The minimum Gasteiger partial charge on any atom is -0.497 e. The number of carbonyl (C=O) groups excluding carboxylic acids is 1. The lowest BCUT2D eigenvalue weighted by molar-refractivity contribution is -0.143. The zero-order chi connectivity index (χ0) is 19.7. The van der Waals surface area contributed by atoms with Crippen LogP contribution in [0, 0.1) is 5.41 Å². The van der Waals surface area contributed by atoms with Gasteiger partial charge in [0, 0.05) is 32.4 Å². The maximum atomic E-state index is 13.4. The molecule has 0 saturated carbocycles. The van der Waals surface area contributed by atoms with Crippen LogP contribution in [0.4, 0.5) is 5.82 Å². The van der Waals surface area contributed by atoms with Gasteiger partial charge in [-0.2, -0.15) is 0 Å². The van der Waals surface area contributed by atoms with Gasteiger partial charge < -0.3 is 19.6 Å². The zero-order valence-corrected chi connectivity index (χ0v) is 16.6. The van der Waals surface area contributed by atoms with Gasteiger partial charge in [0.05, 0.1) is 23.7 Å². The van der Waals surface area contributed by atoms with E-state index in [-0.39, 0.29) is 5.91 Å². The molecule has 0 bridgehead atoms. The predicted octanol–water partition coefficient (Wildman–Crippen LogP) is 2.39. The molecule has 3 heterocycles. The molecule has 148 valence electrons. The molecule has 2 aliphatic rings. The average Bonchev–Trinajstić information content (AvgIpc) is 3.11. The molecule has 0 aliphatic carbocycles. The van der Waals surface area contributed by atoms with Gasteiger partial charge in [-0.15, -0.1) is 0 Å². The number of pyridine rings is 1. The number of amides is 1. The number of anilines is 1. The van der Waals surface area contributed by atoms with Crippen molar-refractivity contribution in [3.8, 4) is 5.75 Å². The molecular formula is C21H24ClN3O3. The van der Waals surface area contributed by atoms with Gasteiger partial charge in [-0.1, -0.05) is 23.7 Å². The summed E-state index contributed by atoms with van der Waals surface area (Å²) in [7, 11) is 1.64. The Kier molecular flexibility index (Phi) is 5.17. The molecule has 2 saturated heterocycles. The molecule has 1 aromatic heterocycles. The maximum Gasteiger partial charge on any atom is 0.232 e. The van der Waals surface area contributed by atoms with Crippen LogP contribution < -0.4 is 9.64 Å². The third kappa shape index (κ3) is 3.66. The molecule has 4 rings (SSSR count). The summed E-state index contributed by atoms with van der Waals surface area (Å²) in [5.74, 6) is 1.71. The molecule has 1 N–H and O–H groups in total. The minimum absolute atomic E-state index is 0.108. The molecule has 1 amide bonds. The Morgan fingerprint density at radius 1 is 1.36 bits per heavy atom. The van der Waals surface area contributed by atoms with E-state index in [0.29, 0.717) is 44.0 Å². The summed E-state index contributed by atoms with van der Waals surface area (Å²) in [5.41, 5.74) is 0.536. The number of methoxy groups -OCH3 is 1. The lowest BCUT2D eigenvalue weighted by Crippen LogP contribution is -2.65. The van der Waals surface area contributed by atoms with Crippen molar-refractivity contribution in [2.24, 2.45) is 5.41 Å². The molecule has 2 fully saturated rings. The summed E-state index contributed by atoms with van der Waals surface area (Å²) in [4.78, 5) is 21.7. The van der Waals surface area contributed by atoms with Gasteiger partial charge >= 0.3 is 0 Å². The number of carbonyl (C=O) groups is 1. The Bertz CT molecular complexity index is 852. The Morgan fingerprint density at radius 2 is 2.18 bits per heavy atom. The topological polar surface area (TPSA) is 65.9 Å². The van der Waals surface area contributed by atoms with Gasteiger partial charge in [-0.3, -0.25) is 4.79 Å². The highest BCUT2D eigenvalue weighted by Crippen LogP contribution is 2.39. The van der Waals surface area contributed by atoms with Crippen LogP contribution in [0.25, 0.3) is 0 Å². The number of β-amino-alcohol motifs (C(OH)–C–C–N with tert-alkyl or cyclic N) is 1. The number of aliphatic hydroxyl groups is 1. The number of rotatable bonds is 5. The molecule has 1 aromatic carbocycles. The molecule has 7 heteroatoms. The van der Waals surface area contributed by atoms with Crippen LogP contribution in [0.15, 0.2) is 42.6 Å². The van der Waals surface area contributed by atoms with E-state index >= 15 is 0 Å². The van der Waals surface area contributed by atoms with E-state index in [2.05, 4.69) is 9.88 Å². The molecule has 1 unspecified atom stereocenters. The molecule has 28 heavy (non-hydrogen) atoms. The summed E-state index contributed by atoms with van der Waals surface area (Å²) in [6.45, 7) is 2.20. The van der Waals surface area contributed by atoms with Crippen LogP contribution in [-0.2, 0) is 11.2 Å². The first-order valence-electron chi connectivity index (χ1n) is 9.46. The first-order valence-corrected chi connectivity index (χ1v) is 9.84. The van der Waals surface area contributed by atoms with Crippen molar-refractivity contribution in [2.75, 3.05) is 38.2 Å². The lowest BCUT2D eigenvalue weighted by atomic mass is 9.73. The van der Waals surface area contributed by atoms with Gasteiger partial charge in [0.2, 0.25) is 5.91 Å². The molecule has 6 nitrogen and oxygen atoms in total. The Morgan fingerprint density at radius 3 is 2.82 bits per heavy atom. The van der Waals surface area contributed by atoms with E-state index in [4.69, 9.17) is 16.3 Å². The number of aromatic nitrogens is 1. The van der Waals surface area contributed by atoms with Crippen LogP contribution in [0.5, 0.6) is 5.75 Å². The van der Waals surface area contributed by atoms with Crippen LogP contribution in [-0.4, -0.2) is 60.3 Å². The SMILES string of the molecule is COc1cccc(CC2(C(=O)N3CCC(O)C3)CN(c3ccc(Cl)cn3)C2)c1. The van der Waals surface area contributed by atoms with E-state index < -0.39 is 11.5 Å². The van der Waals surface area contributed by atoms with Crippen molar-refractivity contribution < 1.29 is 14.6 Å². The smallest absolute Gasteiger partial charge is 0.232 e. The van der Waals surface area contributed by atoms with Gasteiger partial charge in [0.25, 0.3) is 0 Å². The van der Waals surface area contributed by atoms with Crippen molar-refractivity contribution in [3.63, 3.8) is 0 Å². The molecule has 1 atom stereocenters. The largest absolute Gasteiger partial charge is 0.497 e. The second kappa shape index (κ2) is 7.60. The Balaban J connectivity index is 1.57. The average molecular weight is 402 g/mol. The van der Waals surface area contributed by atoms with Crippen molar-refractivity contribution >= 4 is 23.3 Å². The third-order valence-electron chi connectivity index (χ3n) is 5.60. The fraction of sp³-hybridized carbons (Fsp3) is 0.429. The highest BCUT2D eigenvalue weighted by Gasteiger charge is 2.52. The minimum atomic E-state index is -0.530. The molecule has 2 aliphatic heterocycles. The molecule has 2 aromatic rings. The number of likely N-dealkylation sites (tertiary alicyclic amines) is 1. The van der Waals surface area contributed by atoms with E-state index in [1.165, 1.54) is 0 Å². The molecule has 0 spiro atoms. The van der Waals surface area contributed by atoms with Gasteiger partial charge in [0.1, 0.15) is 11.6 Å². The van der Waals surface area contributed by atoms with Crippen molar-refractivity contribution in [1.82, 2.24) is 9.88 Å². The number of hydrogen-bond acceptors (Lipinski definition) is 5. The molecule has 0 radical (unpaired) electrons. The molecular weight excluding hydrogens is 378 g/mol. The van der Waals surface area contributed by atoms with Crippen LogP contribution in [0.2, 0.25) is 5.02 Å². The number of hydrogen-bond donors (Lipinski definition) is 1. The summed E-state index contributed by atoms with van der Waals surface area (Å²) < 4.78 is 5.34. The van der Waals surface area contributed by atoms with Gasteiger partial charge in [0.15, 0.2) is 0 Å². The Labute approximate surface area is 169 Å². The van der Waals surface area contributed by atoms with Crippen LogP contribution >= 0.6 is 11.6 Å². The quantitative estimate of drug-likeness (QED) is 0.833. The van der Waals surface area contributed by atoms with Gasteiger partial charge in [-0.25, -0.2) is 4.98 Å². The Hall–Kier alpha value is -2.31. The maximum absolute atomic E-state index is 13.4. The third-order valence-corrected chi connectivity index (χ3v) is 5.83. The van der Waals surface area contributed by atoms with Crippen LogP contribution in [0.3, 0.4) is 0 Å². The lowest BCUT2D eigenvalue weighted by Gasteiger charge is -2.51. The fourth-order valence-corrected chi connectivity index (χ4v) is 4.27. The highest BCUT2D eigenvalue weighted by molar-refractivity contribution is 6.30. The number of aliphatic hydroxyl groups excluding tert-OH is 1. The predicted molar refractivity (Wildman–Crippen MR) is 108 cm³/mol. The van der Waals surface area contributed by atoms with Crippen molar-refractivity contribution in [2.45, 2.75) is 18.9 Å². The summed E-state index contributed by atoms with van der Waals surface area (Å²) in [6, 6.07) is 11.5. The van der Waals surface area contributed by atoms with Crippen molar-refractivity contribution in [1.29, 1.82) is 0 Å². The zero-order valence-electron chi connectivity index (χ0n) is 15.8. The van der Waals surface area contributed by atoms with E-state index in [1.807, 2.05) is 36.4 Å². The second-order valence-corrected chi connectivity index (χ2v) is 8.13. The number of ether oxygens (including phenoxy) is 1. The first-order chi connectivity index (χ1) is 13.5. The van der Waals surface area contributed by atoms with Crippen LogP contribution in [0.1, 0.15) is 12.0 Å². The summed E-state index contributed by atoms with van der Waals surface area (Å²) in [5, 5.41) is 10.5. The number of benzene rings is 1. The standard InChI is InChI=1S/C21H24ClN3O3/c1-28-18-4-2-3-15(9-18)10-21(20(27)24-8-7-17(26)12-24)13-25(14-21)19-6-5-16(22)11-23-19/h2-6,9,11,17,26H,7-8,10,12-14H2,1H3. The fourth-order valence-electron chi connectivity index (χ4n) is 4.16. The van der Waals surface area contributed by atoms with E-state index in [1.54, 1.807) is 18.2 Å². The van der Waals surface area contributed by atoms with Crippen molar-refractivity contribution in [3.05, 3.63) is 53.2 Å². The monoisotopic (exact) mass is 401 g/mol. The number of nitrogens with zero attached hydrogens (tertiary/aromatic N) is 3. The summed E-state index contributed by atoms with van der Waals surface area (Å²) in [6.07, 6.45) is 2.47. The normalized spacial score (nSPS) is 20.8. The van der Waals surface area contributed by atoms with Gasteiger partial charge in [-0.05, 0) is 42.7 Å². The highest BCUT2D eigenvalue weighted by atomic mass is 35.5. The van der Waals surface area contributed by atoms with E-state index in [9.17, 15) is 9.90 Å². The summed E-state index contributed by atoms with van der Waals surface area (Å²) >= 11 is 5.94. The van der Waals surface area contributed by atoms with E-state index in [0.717, 1.165) is 17.1 Å². The number of halogens is 1. The first kappa shape index (κ1) is 19.0. The second-order valence-electron chi connectivity index (χ2n) is 7.69.